The third kappa shape index (κ3) is 57.5. The van der Waals surface area contributed by atoms with Gasteiger partial charge in [-0.3, -0.25) is 14.4 Å². The first-order chi connectivity index (χ1) is 34.8. The van der Waals surface area contributed by atoms with Crippen LogP contribution in [0.3, 0.4) is 0 Å². The molecular formula is C65H126O6. The van der Waals surface area contributed by atoms with Gasteiger partial charge in [0.05, 0.1) is 0 Å². The van der Waals surface area contributed by atoms with E-state index < -0.39 is 6.10 Å². The predicted molar refractivity (Wildman–Crippen MR) is 307 cm³/mol. The van der Waals surface area contributed by atoms with Gasteiger partial charge >= 0.3 is 17.9 Å². The van der Waals surface area contributed by atoms with Crippen molar-refractivity contribution in [1.29, 1.82) is 0 Å². The van der Waals surface area contributed by atoms with E-state index in [2.05, 4.69) is 34.6 Å². The highest BCUT2D eigenvalue weighted by Crippen LogP contribution is 2.19. The molecule has 1 unspecified atom stereocenters. The molecule has 0 aliphatic rings. The van der Waals surface area contributed by atoms with E-state index in [0.29, 0.717) is 19.3 Å². The largest absolute Gasteiger partial charge is 0.462 e. The quantitative estimate of drug-likeness (QED) is 0.0343. The van der Waals surface area contributed by atoms with Gasteiger partial charge in [0.2, 0.25) is 0 Å². The van der Waals surface area contributed by atoms with E-state index in [1.807, 2.05) is 0 Å². The highest BCUT2D eigenvalue weighted by molar-refractivity contribution is 5.71. The summed E-state index contributed by atoms with van der Waals surface area (Å²) < 4.78 is 16.9. The minimum absolute atomic E-state index is 0.0620. The topological polar surface area (TPSA) is 78.9 Å². The molecule has 71 heavy (non-hydrogen) atoms. The van der Waals surface area contributed by atoms with Gasteiger partial charge in [0.15, 0.2) is 6.10 Å². The fraction of sp³-hybridized carbons (Fsp3) is 0.954. The third-order valence-electron chi connectivity index (χ3n) is 15.3. The maximum atomic E-state index is 12.8. The first-order valence-corrected chi connectivity index (χ1v) is 32.3. The number of hydrogen-bond donors (Lipinski definition) is 0. The summed E-state index contributed by atoms with van der Waals surface area (Å²) in [5.41, 5.74) is 0. The monoisotopic (exact) mass is 1000 g/mol. The van der Waals surface area contributed by atoms with Crippen LogP contribution in [0.5, 0.6) is 0 Å². The lowest BCUT2D eigenvalue weighted by Gasteiger charge is -2.18. The lowest BCUT2D eigenvalue weighted by molar-refractivity contribution is -0.167. The number of rotatable bonds is 59. The highest BCUT2D eigenvalue weighted by Gasteiger charge is 2.19. The van der Waals surface area contributed by atoms with E-state index in [9.17, 15) is 14.4 Å². The molecule has 0 aromatic carbocycles. The molecule has 6 heteroatoms. The van der Waals surface area contributed by atoms with Gasteiger partial charge in [0.25, 0.3) is 0 Å². The zero-order valence-corrected chi connectivity index (χ0v) is 48.9. The number of esters is 3. The van der Waals surface area contributed by atoms with Crippen LogP contribution in [0, 0.1) is 11.8 Å². The molecule has 0 aliphatic heterocycles. The smallest absolute Gasteiger partial charge is 0.306 e. The summed E-state index contributed by atoms with van der Waals surface area (Å²) in [6.07, 6.45) is 64.0. The van der Waals surface area contributed by atoms with Crippen molar-refractivity contribution in [3.63, 3.8) is 0 Å². The summed E-state index contributed by atoms with van der Waals surface area (Å²) in [6, 6.07) is 0. The molecule has 0 aromatic heterocycles. The van der Waals surface area contributed by atoms with E-state index in [1.54, 1.807) is 0 Å². The van der Waals surface area contributed by atoms with Gasteiger partial charge in [-0.1, -0.05) is 330 Å². The van der Waals surface area contributed by atoms with Gasteiger partial charge < -0.3 is 14.2 Å². The van der Waals surface area contributed by atoms with Crippen molar-refractivity contribution in [1.82, 2.24) is 0 Å². The van der Waals surface area contributed by atoms with Crippen LogP contribution in [0.15, 0.2) is 0 Å². The SMILES string of the molecule is CCCCCCCCCCCCC(=O)O[C@@H](COC(=O)CCCCCCCCCCCCCCCCCCCCC(C)C)COC(=O)CCCCCCCCCCCCCCCCCCCCC(C)CC. The molecule has 0 fully saturated rings. The van der Waals surface area contributed by atoms with Crippen molar-refractivity contribution in [2.45, 2.75) is 375 Å². The van der Waals surface area contributed by atoms with Crippen molar-refractivity contribution >= 4 is 17.9 Å². The van der Waals surface area contributed by atoms with Crippen molar-refractivity contribution in [3.05, 3.63) is 0 Å². The molecule has 0 spiro atoms. The highest BCUT2D eigenvalue weighted by atomic mass is 16.6. The van der Waals surface area contributed by atoms with Crippen molar-refractivity contribution in [2.75, 3.05) is 13.2 Å². The van der Waals surface area contributed by atoms with Crippen molar-refractivity contribution in [3.8, 4) is 0 Å². The van der Waals surface area contributed by atoms with Crippen LogP contribution in [0.2, 0.25) is 0 Å². The first kappa shape index (κ1) is 69.4. The molecule has 0 N–H and O–H groups in total. The fourth-order valence-electron chi connectivity index (χ4n) is 10.1. The van der Waals surface area contributed by atoms with Gasteiger partial charge in [0.1, 0.15) is 13.2 Å². The molecule has 0 saturated carbocycles. The summed E-state index contributed by atoms with van der Waals surface area (Å²) in [5.74, 6) is 0.936. The van der Waals surface area contributed by atoms with Crippen LogP contribution >= 0.6 is 0 Å². The molecule has 0 heterocycles. The Morgan fingerprint density at radius 1 is 0.296 bits per heavy atom. The van der Waals surface area contributed by atoms with Crippen LogP contribution in [0.25, 0.3) is 0 Å². The Morgan fingerprint density at radius 3 is 0.803 bits per heavy atom. The Labute approximate surface area is 444 Å². The average molecular weight is 1000 g/mol. The number of carbonyl (C=O) groups is 3. The number of ether oxygens (including phenoxy) is 3. The second-order valence-electron chi connectivity index (χ2n) is 23.1. The van der Waals surface area contributed by atoms with Gasteiger partial charge in [-0.25, -0.2) is 0 Å². The van der Waals surface area contributed by atoms with Crippen LogP contribution in [0.4, 0.5) is 0 Å². The van der Waals surface area contributed by atoms with E-state index in [4.69, 9.17) is 14.2 Å². The molecule has 6 nitrogen and oxygen atoms in total. The number of carbonyl (C=O) groups excluding carboxylic acids is 3. The van der Waals surface area contributed by atoms with Crippen molar-refractivity contribution < 1.29 is 28.6 Å². The average Bonchev–Trinajstić information content (AvgIpc) is 3.36. The van der Waals surface area contributed by atoms with E-state index in [0.717, 1.165) is 69.6 Å². The van der Waals surface area contributed by atoms with Crippen molar-refractivity contribution in [2.24, 2.45) is 11.8 Å². The third-order valence-corrected chi connectivity index (χ3v) is 15.3. The van der Waals surface area contributed by atoms with Crippen LogP contribution < -0.4 is 0 Å². The van der Waals surface area contributed by atoms with Crippen LogP contribution in [-0.2, 0) is 28.6 Å². The van der Waals surface area contributed by atoms with Crippen LogP contribution in [-0.4, -0.2) is 37.2 Å². The first-order valence-electron chi connectivity index (χ1n) is 32.3. The van der Waals surface area contributed by atoms with Gasteiger partial charge in [-0.2, -0.15) is 0 Å². The molecule has 0 amide bonds. The molecule has 2 atom stereocenters. The lowest BCUT2D eigenvalue weighted by Crippen LogP contribution is -2.30. The standard InChI is InChI=1S/C65H126O6/c1-6-8-9-10-11-12-35-42-47-52-57-65(68)71-62(58-69-63(66)55-50-45-40-36-31-27-23-19-15-13-17-21-25-29-33-38-43-48-53-60(3)4)59-70-64(67)56-51-46-41-37-32-28-24-20-16-14-18-22-26-30-34-39-44-49-54-61(5)7-2/h60-62H,6-59H2,1-5H3/t61?,62-/m0/s1. The minimum atomic E-state index is -0.762. The molecule has 0 aromatic rings. The fourth-order valence-corrected chi connectivity index (χ4v) is 10.1. The van der Waals surface area contributed by atoms with E-state index >= 15 is 0 Å². The second-order valence-corrected chi connectivity index (χ2v) is 23.1. The maximum Gasteiger partial charge on any atom is 0.306 e. The normalized spacial score (nSPS) is 12.4. The molecular weight excluding hydrogens is 877 g/mol. The Hall–Kier alpha value is -1.59. The molecule has 0 aliphatic carbocycles. The summed E-state index contributed by atoms with van der Waals surface area (Å²) >= 11 is 0. The Morgan fingerprint density at radius 2 is 0.535 bits per heavy atom. The molecule has 422 valence electrons. The van der Waals surface area contributed by atoms with E-state index in [1.165, 1.54) is 257 Å². The predicted octanol–water partition coefficient (Wildman–Crippen LogP) is 21.6. The summed E-state index contributed by atoms with van der Waals surface area (Å²) in [6.45, 7) is 11.5. The molecule has 0 radical (unpaired) electrons. The molecule has 0 rings (SSSR count). The summed E-state index contributed by atoms with van der Waals surface area (Å²) in [5, 5.41) is 0. The second kappa shape index (κ2) is 57.7. The molecule has 0 saturated heterocycles. The Balaban J connectivity index is 4.14. The Kier molecular flexibility index (Phi) is 56.4. The zero-order chi connectivity index (χ0) is 51.8. The van der Waals surface area contributed by atoms with Gasteiger partial charge in [-0.15, -0.1) is 0 Å². The molecule has 0 bridgehead atoms. The summed E-state index contributed by atoms with van der Waals surface area (Å²) in [7, 11) is 0. The van der Waals surface area contributed by atoms with Gasteiger partial charge in [-0.05, 0) is 31.1 Å². The lowest BCUT2D eigenvalue weighted by atomic mass is 9.99. The maximum absolute atomic E-state index is 12.8. The van der Waals surface area contributed by atoms with E-state index in [-0.39, 0.29) is 31.1 Å². The van der Waals surface area contributed by atoms with Crippen LogP contribution in [0.1, 0.15) is 369 Å². The van der Waals surface area contributed by atoms with Gasteiger partial charge in [0, 0.05) is 19.3 Å². The number of unbranched alkanes of at least 4 members (excludes halogenated alkanes) is 43. The summed E-state index contributed by atoms with van der Waals surface area (Å²) in [4.78, 5) is 38.2. The minimum Gasteiger partial charge on any atom is -0.462 e. The Bertz CT molecular complexity index is 1090. The zero-order valence-electron chi connectivity index (χ0n) is 48.9. The number of hydrogen-bond acceptors (Lipinski definition) is 6.